The largest absolute Gasteiger partial charge is 0.459 e. The Labute approximate surface area is 192 Å². The number of nitrogens with one attached hydrogen (secondary N) is 3. The van der Waals surface area contributed by atoms with Crippen LogP contribution in [0, 0.1) is 0 Å². The fourth-order valence-electron chi connectivity index (χ4n) is 3.52. The summed E-state index contributed by atoms with van der Waals surface area (Å²) in [5.41, 5.74) is 1.87. The van der Waals surface area contributed by atoms with Crippen molar-refractivity contribution in [1.82, 2.24) is 15.2 Å². The molecule has 164 valence electrons. The molecular formula is C22H20ClN5O3S. The van der Waals surface area contributed by atoms with Gasteiger partial charge in [-0.2, -0.15) is 5.10 Å². The number of amides is 1. The van der Waals surface area contributed by atoms with Gasteiger partial charge in [0.1, 0.15) is 5.54 Å². The Morgan fingerprint density at radius 3 is 2.81 bits per heavy atom. The average Bonchev–Trinajstić information content (AvgIpc) is 3.17. The second-order valence-electron chi connectivity index (χ2n) is 8.07. The molecule has 1 amide bonds. The van der Waals surface area contributed by atoms with E-state index in [2.05, 4.69) is 25.8 Å². The van der Waals surface area contributed by atoms with Crippen molar-refractivity contribution in [1.29, 1.82) is 0 Å². The van der Waals surface area contributed by atoms with Crippen LogP contribution in [-0.2, 0) is 9.53 Å². The Bertz CT molecular complexity index is 1360. The molecule has 0 atom stereocenters. The third-order valence-electron chi connectivity index (χ3n) is 5.29. The number of anilines is 2. The highest BCUT2D eigenvalue weighted by molar-refractivity contribution is 7.23. The summed E-state index contributed by atoms with van der Waals surface area (Å²) in [6.07, 6.45) is 2.84. The highest BCUT2D eigenvalue weighted by Crippen LogP contribution is 2.41. The molecule has 2 aromatic heterocycles. The lowest BCUT2D eigenvalue weighted by atomic mass is 10.1. The summed E-state index contributed by atoms with van der Waals surface area (Å²) < 4.78 is 6.22. The summed E-state index contributed by atoms with van der Waals surface area (Å²) in [5, 5.41) is 15.0. The standard InChI is InChI=1S/C22H20ClN5O3S/c1-11(2)31-19(29)13-9-12(3-4-15(13)23)27-22(7-8-22)20(30)26-21-25-17-6-5-16-14(10-24-28-16)18(17)32-21/h3-6,9-11,27H,7-8H2,1-2H3,(H,24,28)(H,25,26,30). The zero-order chi connectivity index (χ0) is 22.5. The summed E-state index contributed by atoms with van der Waals surface area (Å²) >= 11 is 7.60. The number of halogens is 1. The average molecular weight is 470 g/mol. The molecule has 0 radical (unpaired) electrons. The Balaban J connectivity index is 1.35. The number of rotatable bonds is 6. The van der Waals surface area contributed by atoms with Crippen molar-refractivity contribution in [3.8, 4) is 0 Å². The van der Waals surface area contributed by atoms with E-state index in [4.69, 9.17) is 16.3 Å². The van der Waals surface area contributed by atoms with Gasteiger partial charge < -0.3 is 10.1 Å². The normalized spacial score (nSPS) is 14.6. The number of benzene rings is 2. The molecule has 5 rings (SSSR count). The molecule has 3 N–H and O–H groups in total. The van der Waals surface area contributed by atoms with Crippen LogP contribution in [-0.4, -0.2) is 38.7 Å². The Morgan fingerprint density at radius 2 is 2.06 bits per heavy atom. The number of carbonyl (C=O) groups is 2. The van der Waals surface area contributed by atoms with Crippen molar-refractivity contribution in [2.24, 2.45) is 0 Å². The quantitative estimate of drug-likeness (QED) is 0.344. The summed E-state index contributed by atoms with van der Waals surface area (Å²) in [7, 11) is 0. The number of esters is 1. The van der Waals surface area contributed by atoms with Gasteiger partial charge in [-0.3, -0.25) is 15.2 Å². The predicted octanol–water partition coefficient (Wildman–Crippen LogP) is 4.97. The number of carbonyl (C=O) groups excluding carboxylic acids is 2. The Hall–Kier alpha value is -3.17. The number of ether oxygens (including phenoxy) is 1. The minimum atomic E-state index is -0.754. The first-order valence-electron chi connectivity index (χ1n) is 10.2. The fraction of sp³-hybridized carbons (Fsp3) is 0.273. The number of fused-ring (bicyclic) bond motifs is 3. The number of hydrogen-bond donors (Lipinski definition) is 3. The number of nitrogens with zero attached hydrogens (tertiary/aromatic N) is 2. The van der Waals surface area contributed by atoms with Crippen LogP contribution in [0.2, 0.25) is 5.02 Å². The summed E-state index contributed by atoms with van der Waals surface area (Å²) in [6, 6.07) is 8.81. The number of H-pyrrole nitrogens is 1. The molecule has 1 aliphatic rings. The minimum Gasteiger partial charge on any atom is -0.459 e. The molecule has 8 nitrogen and oxygen atoms in total. The van der Waals surface area contributed by atoms with E-state index in [1.165, 1.54) is 11.3 Å². The molecular weight excluding hydrogens is 450 g/mol. The van der Waals surface area contributed by atoms with Gasteiger partial charge in [0.2, 0.25) is 0 Å². The predicted molar refractivity (Wildman–Crippen MR) is 125 cm³/mol. The number of aromatic nitrogens is 3. The van der Waals surface area contributed by atoms with Crippen molar-refractivity contribution < 1.29 is 14.3 Å². The molecule has 0 spiro atoms. The SMILES string of the molecule is CC(C)OC(=O)c1cc(NC2(C(=O)Nc3nc4ccc5[nH]ncc5c4s3)CC2)ccc1Cl. The zero-order valence-electron chi connectivity index (χ0n) is 17.4. The third-order valence-corrected chi connectivity index (χ3v) is 6.64. The van der Waals surface area contributed by atoms with E-state index in [9.17, 15) is 9.59 Å². The monoisotopic (exact) mass is 469 g/mol. The summed E-state index contributed by atoms with van der Waals surface area (Å²) in [4.78, 5) is 29.9. The highest BCUT2D eigenvalue weighted by atomic mass is 35.5. The van der Waals surface area contributed by atoms with Gasteiger partial charge >= 0.3 is 5.97 Å². The highest BCUT2D eigenvalue weighted by Gasteiger charge is 2.50. The van der Waals surface area contributed by atoms with Crippen LogP contribution < -0.4 is 10.6 Å². The second kappa shape index (κ2) is 7.75. The van der Waals surface area contributed by atoms with Crippen LogP contribution in [0.1, 0.15) is 37.0 Å². The van der Waals surface area contributed by atoms with Crippen LogP contribution in [0.25, 0.3) is 21.1 Å². The molecule has 0 aliphatic heterocycles. The lowest BCUT2D eigenvalue weighted by Gasteiger charge is -2.18. The van der Waals surface area contributed by atoms with E-state index < -0.39 is 11.5 Å². The maximum absolute atomic E-state index is 13.1. The number of aromatic amines is 1. The van der Waals surface area contributed by atoms with Crippen LogP contribution in [0.5, 0.6) is 0 Å². The number of hydrogen-bond acceptors (Lipinski definition) is 7. The molecule has 2 heterocycles. The Kier molecular flexibility index (Phi) is 5.02. The van der Waals surface area contributed by atoms with Crippen molar-refractivity contribution in [3.63, 3.8) is 0 Å². The first-order valence-corrected chi connectivity index (χ1v) is 11.4. The van der Waals surface area contributed by atoms with E-state index in [-0.39, 0.29) is 17.6 Å². The third kappa shape index (κ3) is 3.78. The van der Waals surface area contributed by atoms with Gasteiger partial charge in [-0.15, -0.1) is 0 Å². The van der Waals surface area contributed by atoms with Gasteiger partial charge in [-0.1, -0.05) is 22.9 Å². The molecule has 0 saturated heterocycles. The topological polar surface area (TPSA) is 109 Å². The maximum atomic E-state index is 13.1. The molecule has 4 aromatic rings. The van der Waals surface area contributed by atoms with Crippen LogP contribution in [0.15, 0.2) is 36.5 Å². The molecule has 1 fully saturated rings. The second-order valence-corrected chi connectivity index (χ2v) is 9.48. The minimum absolute atomic E-state index is 0.166. The first kappa shape index (κ1) is 20.7. The van der Waals surface area contributed by atoms with Gasteiger partial charge in [0.05, 0.1) is 38.6 Å². The van der Waals surface area contributed by atoms with Crippen molar-refractivity contribution in [2.45, 2.75) is 38.3 Å². The molecule has 10 heteroatoms. The summed E-state index contributed by atoms with van der Waals surface area (Å²) in [6.45, 7) is 3.55. The van der Waals surface area contributed by atoms with Crippen LogP contribution in [0.4, 0.5) is 10.8 Å². The van der Waals surface area contributed by atoms with E-state index in [0.29, 0.717) is 28.7 Å². The van der Waals surface area contributed by atoms with Gasteiger partial charge in [0.15, 0.2) is 5.13 Å². The zero-order valence-corrected chi connectivity index (χ0v) is 18.9. The molecule has 32 heavy (non-hydrogen) atoms. The van der Waals surface area contributed by atoms with Gasteiger partial charge in [0.25, 0.3) is 5.91 Å². The van der Waals surface area contributed by atoms with E-state index in [1.807, 2.05) is 12.1 Å². The molecule has 0 unspecified atom stereocenters. The summed E-state index contributed by atoms with van der Waals surface area (Å²) in [5.74, 6) is -0.663. The lowest BCUT2D eigenvalue weighted by Crippen LogP contribution is -2.37. The molecule has 1 saturated carbocycles. The Morgan fingerprint density at radius 1 is 1.25 bits per heavy atom. The smallest absolute Gasteiger partial charge is 0.339 e. The van der Waals surface area contributed by atoms with Gasteiger partial charge in [-0.05, 0) is 57.0 Å². The molecule has 2 aromatic carbocycles. The molecule has 1 aliphatic carbocycles. The van der Waals surface area contributed by atoms with Crippen molar-refractivity contribution in [3.05, 3.63) is 47.1 Å². The van der Waals surface area contributed by atoms with E-state index in [0.717, 1.165) is 21.1 Å². The molecule has 0 bridgehead atoms. The van der Waals surface area contributed by atoms with Crippen molar-refractivity contribution >= 4 is 66.8 Å². The van der Waals surface area contributed by atoms with Gasteiger partial charge in [0, 0.05) is 11.1 Å². The van der Waals surface area contributed by atoms with E-state index >= 15 is 0 Å². The fourth-order valence-corrected chi connectivity index (χ4v) is 4.69. The van der Waals surface area contributed by atoms with Gasteiger partial charge in [-0.25, -0.2) is 9.78 Å². The first-order chi connectivity index (χ1) is 15.3. The van der Waals surface area contributed by atoms with Crippen LogP contribution in [0.3, 0.4) is 0 Å². The lowest BCUT2D eigenvalue weighted by molar-refractivity contribution is -0.117. The van der Waals surface area contributed by atoms with E-state index in [1.54, 1.807) is 38.2 Å². The van der Waals surface area contributed by atoms with Crippen molar-refractivity contribution in [2.75, 3.05) is 10.6 Å². The van der Waals surface area contributed by atoms with Crippen LogP contribution >= 0.6 is 22.9 Å². The maximum Gasteiger partial charge on any atom is 0.339 e. The number of thiazole rings is 1.